The number of aryl methyl sites for hydroxylation is 1. The highest BCUT2D eigenvalue weighted by molar-refractivity contribution is 7.89. The van der Waals surface area contributed by atoms with Gasteiger partial charge >= 0.3 is 0 Å². The van der Waals surface area contributed by atoms with E-state index in [2.05, 4.69) is 5.32 Å². The van der Waals surface area contributed by atoms with Crippen molar-refractivity contribution >= 4 is 21.8 Å². The summed E-state index contributed by atoms with van der Waals surface area (Å²) in [6.45, 7) is 4.98. The van der Waals surface area contributed by atoms with E-state index in [9.17, 15) is 18.0 Å². The molecule has 8 heteroatoms. The highest BCUT2D eigenvalue weighted by Gasteiger charge is 2.30. The van der Waals surface area contributed by atoms with Crippen LogP contribution in [0.2, 0.25) is 0 Å². The lowest BCUT2D eigenvalue weighted by Crippen LogP contribution is -2.39. The van der Waals surface area contributed by atoms with Gasteiger partial charge in [-0.2, -0.15) is 4.31 Å². The van der Waals surface area contributed by atoms with Crippen molar-refractivity contribution in [1.29, 1.82) is 0 Å². The summed E-state index contributed by atoms with van der Waals surface area (Å²) in [4.78, 5) is 25.9. The molecule has 2 amide bonds. The molecule has 1 aromatic rings. The average molecular weight is 436 g/mol. The Bertz CT molecular complexity index is 848. The van der Waals surface area contributed by atoms with Gasteiger partial charge in [-0.15, -0.1) is 0 Å². The number of carbonyl (C=O) groups excluding carboxylic acids is 2. The zero-order valence-electron chi connectivity index (χ0n) is 17.8. The molecule has 2 fully saturated rings. The maximum Gasteiger partial charge on any atom is 0.243 e. The second kappa shape index (κ2) is 10.4. The van der Waals surface area contributed by atoms with Gasteiger partial charge in [0.1, 0.15) is 0 Å². The topological polar surface area (TPSA) is 86.8 Å². The number of rotatable bonds is 9. The van der Waals surface area contributed by atoms with Crippen LogP contribution in [-0.4, -0.2) is 62.2 Å². The lowest BCUT2D eigenvalue weighted by Gasteiger charge is -2.31. The normalized spacial score (nSPS) is 18.7. The largest absolute Gasteiger partial charge is 0.356 e. The highest BCUT2D eigenvalue weighted by atomic mass is 32.2. The van der Waals surface area contributed by atoms with E-state index in [4.69, 9.17) is 0 Å². The van der Waals surface area contributed by atoms with Crippen molar-refractivity contribution in [1.82, 2.24) is 14.5 Å². The van der Waals surface area contributed by atoms with E-state index in [1.807, 2.05) is 24.0 Å². The van der Waals surface area contributed by atoms with Crippen molar-refractivity contribution in [2.75, 3.05) is 32.7 Å². The maximum atomic E-state index is 12.9. The smallest absolute Gasteiger partial charge is 0.243 e. The van der Waals surface area contributed by atoms with E-state index in [-0.39, 0.29) is 11.8 Å². The number of sulfonamides is 1. The molecule has 0 aliphatic carbocycles. The molecule has 0 atom stereocenters. The first-order valence-electron chi connectivity index (χ1n) is 11.0. The Hall–Kier alpha value is -1.93. The number of amides is 2. The molecule has 7 nitrogen and oxygen atoms in total. The van der Waals surface area contributed by atoms with Crippen LogP contribution in [0.5, 0.6) is 0 Å². The third kappa shape index (κ3) is 5.82. The van der Waals surface area contributed by atoms with Gasteiger partial charge in [0.05, 0.1) is 4.90 Å². The molecule has 0 saturated carbocycles. The first-order valence-corrected chi connectivity index (χ1v) is 12.4. The Balaban J connectivity index is 1.34. The minimum atomic E-state index is -3.45. The van der Waals surface area contributed by atoms with Crippen molar-refractivity contribution in [3.05, 3.63) is 29.8 Å². The second-order valence-corrected chi connectivity index (χ2v) is 10.2. The van der Waals surface area contributed by atoms with Crippen LogP contribution in [0.4, 0.5) is 0 Å². The van der Waals surface area contributed by atoms with Crippen LogP contribution >= 0.6 is 0 Å². The number of benzene rings is 1. The second-order valence-electron chi connectivity index (χ2n) is 8.34. The molecule has 2 heterocycles. The van der Waals surface area contributed by atoms with Crippen LogP contribution in [0.3, 0.4) is 0 Å². The van der Waals surface area contributed by atoms with Gasteiger partial charge in [0.2, 0.25) is 21.8 Å². The fraction of sp³-hybridized carbons (Fsp3) is 0.636. The number of nitrogens with one attached hydrogen (secondary N) is 1. The van der Waals surface area contributed by atoms with E-state index in [0.717, 1.165) is 44.2 Å². The van der Waals surface area contributed by atoms with E-state index in [1.54, 1.807) is 16.4 Å². The summed E-state index contributed by atoms with van der Waals surface area (Å²) in [6, 6.07) is 7.09. The monoisotopic (exact) mass is 435 g/mol. The summed E-state index contributed by atoms with van der Waals surface area (Å²) in [7, 11) is -3.45. The summed E-state index contributed by atoms with van der Waals surface area (Å²) < 4.78 is 27.3. The number of nitrogens with zero attached hydrogens (tertiary/aromatic N) is 2. The van der Waals surface area contributed by atoms with E-state index < -0.39 is 10.0 Å². The Labute approximate surface area is 179 Å². The van der Waals surface area contributed by atoms with Crippen molar-refractivity contribution in [3.8, 4) is 0 Å². The Morgan fingerprint density at radius 2 is 1.90 bits per heavy atom. The molecule has 3 rings (SSSR count). The highest BCUT2D eigenvalue weighted by Crippen LogP contribution is 2.27. The molecule has 1 aromatic carbocycles. The van der Waals surface area contributed by atoms with Crippen molar-refractivity contribution in [2.45, 2.75) is 56.8 Å². The number of carbonyl (C=O) groups is 2. The number of likely N-dealkylation sites (tertiary alicyclic amines) is 1. The zero-order valence-corrected chi connectivity index (χ0v) is 18.6. The van der Waals surface area contributed by atoms with Crippen molar-refractivity contribution in [3.63, 3.8) is 0 Å². The van der Waals surface area contributed by atoms with Crippen LogP contribution in [0.25, 0.3) is 0 Å². The molecule has 2 aliphatic rings. The van der Waals surface area contributed by atoms with Gasteiger partial charge in [-0.05, 0) is 56.6 Å². The summed E-state index contributed by atoms with van der Waals surface area (Å²) in [6.07, 6.45) is 5.21. The fourth-order valence-corrected chi connectivity index (χ4v) is 5.98. The van der Waals surface area contributed by atoms with Crippen LogP contribution < -0.4 is 5.32 Å². The number of hydrogen-bond acceptors (Lipinski definition) is 4. The van der Waals surface area contributed by atoms with Gasteiger partial charge in [-0.25, -0.2) is 8.42 Å². The van der Waals surface area contributed by atoms with Gasteiger partial charge in [-0.3, -0.25) is 9.59 Å². The van der Waals surface area contributed by atoms with Crippen LogP contribution in [-0.2, 0) is 19.6 Å². The predicted octanol–water partition coefficient (Wildman–Crippen LogP) is 2.30. The van der Waals surface area contributed by atoms with E-state index in [0.29, 0.717) is 49.8 Å². The molecule has 2 saturated heterocycles. The lowest BCUT2D eigenvalue weighted by molar-refractivity contribution is -0.127. The average Bonchev–Trinajstić information content (AvgIpc) is 3.15. The molecule has 0 bridgehead atoms. The first-order chi connectivity index (χ1) is 14.4. The molecule has 1 N–H and O–H groups in total. The third-order valence-electron chi connectivity index (χ3n) is 6.16. The molecule has 2 aliphatic heterocycles. The number of hydrogen-bond donors (Lipinski definition) is 1. The van der Waals surface area contributed by atoms with Crippen molar-refractivity contribution in [2.24, 2.45) is 5.92 Å². The summed E-state index contributed by atoms with van der Waals surface area (Å²) >= 11 is 0. The minimum absolute atomic E-state index is 0.0395. The van der Waals surface area contributed by atoms with E-state index in [1.165, 1.54) is 0 Å². The molecule has 0 radical (unpaired) electrons. The lowest BCUT2D eigenvalue weighted by atomic mass is 9.93. The SMILES string of the molecule is Cc1ccccc1S(=O)(=O)N1CCC(CCC(=O)NCCCN2CCCC2=O)CC1. The third-order valence-corrected chi connectivity index (χ3v) is 8.22. The molecular formula is C22H33N3O4S. The van der Waals surface area contributed by atoms with Gasteiger partial charge in [0, 0.05) is 45.6 Å². The maximum absolute atomic E-state index is 12.9. The molecular weight excluding hydrogens is 402 g/mol. The molecule has 0 spiro atoms. The van der Waals surface area contributed by atoms with E-state index >= 15 is 0 Å². The minimum Gasteiger partial charge on any atom is -0.356 e. The Morgan fingerprint density at radius 3 is 2.57 bits per heavy atom. The molecule has 0 aromatic heterocycles. The van der Waals surface area contributed by atoms with Gasteiger partial charge < -0.3 is 10.2 Å². The van der Waals surface area contributed by atoms with Crippen LogP contribution in [0.1, 0.15) is 50.5 Å². The van der Waals surface area contributed by atoms with Crippen LogP contribution in [0.15, 0.2) is 29.2 Å². The molecule has 30 heavy (non-hydrogen) atoms. The summed E-state index contributed by atoms with van der Waals surface area (Å²) in [5.41, 5.74) is 0.769. The van der Waals surface area contributed by atoms with Crippen molar-refractivity contribution < 1.29 is 18.0 Å². The standard InChI is InChI=1S/C22H33N3O4S/c1-18-6-2-3-7-20(18)30(28,29)25-16-11-19(12-17-25)9-10-21(26)23-13-5-15-24-14-4-8-22(24)27/h2-3,6-7,19H,4-5,8-17H2,1H3,(H,23,26). The first kappa shape index (κ1) is 22.7. The fourth-order valence-electron chi connectivity index (χ4n) is 4.29. The quantitative estimate of drug-likeness (QED) is 0.603. The van der Waals surface area contributed by atoms with Crippen LogP contribution in [0, 0.1) is 12.8 Å². The summed E-state index contributed by atoms with van der Waals surface area (Å²) in [5.74, 6) is 0.635. The van der Waals surface area contributed by atoms with Gasteiger partial charge in [0.15, 0.2) is 0 Å². The van der Waals surface area contributed by atoms with Gasteiger partial charge in [0.25, 0.3) is 0 Å². The van der Waals surface area contributed by atoms with Gasteiger partial charge in [-0.1, -0.05) is 18.2 Å². The Kier molecular flexibility index (Phi) is 7.88. The zero-order chi connectivity index (χ0) is 21.6. The molecule has 166 valence electrons. The number of piperidine rings is 1. The summed E-state index contributed by atoms with van der Waals surface area (Å²) in [5, 5.41) is 2.94. The predicted molar refractivity (Wildman–Crippen MR) is 115 cm³/mol. The Morgan fingerprint density at radius 1 is 1.17 bits per heavy atom. The molecule has 0 unspecified atom stereocenters.